The standard InChI is InChI=1S/C33H40N4O3S/c1-40-28-15-7-6-14-27(28)36-21-19-35(20-22-36)18-9-17-34-32(38)30-25-12-4-5-13-26(25)33(39)37(24-10-2-3-11-24)31(30)29-16-8-23-41-29/h4-8,12-16,23-24,30-31H,2-3,9-11,17-22H2,1H3,(H,34,38). The van der Waals surface area contributed by atoms with Crippen LogP contribution in [-0.2, 0) is 4.79 Å². The number of hydrogen-bond acceptors (Lipinski definition) is 6. The first-order chi connectivity index (χ1) is 20.2. The highest BCUT2D eigenvalue weighted by Gasteiger charge is 2.47. The number of thiophene rings is 1. The number of piperazine rings is 1. The normalized spacial score (nSPS) is 21.6. The molecular formula is C33H40N4O3S. The molecule has 2 amide bonds. The number of nitrogens with one attached hydrogen (secondary N) is 1. The Morgan fingerprint density at radius 1 is 0.976 bits per heavy atom. The summed E-state index contributed by atoms with van der Waals surface area (Å²) in [5.74, 6) is 0.601. The summed E-state index contributed by atoms with van der Waals surface area (Å²) in [5.41, 5.74) is 2.69. The van der Waals surface area contributed by atoms with Crippen LogP contribution in [0, 0.1) is 0 Å². The van der Waals surface area contributed by atoms with Crippen LogP contribution >= 0.6 is 11.3 Å². The third-order valence-electron chi connectivity index (χ3n) is 8.96. The van der Waals surface area contributed by atoms with Crippen molar-refractivity contribution < 1.29 is 14.3 Å². The minimum atomic E-state index is -0.410. The molecule has 2 aliphatic heterocycles. The number of ether oxygens (including phenoxy) is 1. The van der Waals surface area contributed by atoms with Crippen molar-refractivity contribution in [3.8, 4) is 5.75 Å². The van der Waals surface area contributed by atoms with Gasteiger partial charge in [-0.05, 0) is 61.0 Å². The molecule has 1 aromatic heterocycles. The molecule has 6 rings (SSSR count). The first-order valence-electron chi connectivity index (χ1n) is 15.0. The topological polar surface area (TPSA) is 65.1 Å². The van der Waals surface area contributed by atoms with Crippen LogP contribution in [0.25, 0.3) is 0 Å². The highest BCUT2D eigenvalue weighted by Crippen LogP contribution is 2.47. The van der Waals surface area contributed by atoms with Gasteiger partial charge in [-0.2, -0.15) is 0 Å². The van der Waals surface area contributed by atoms with Crippen molar-refractivity contribution in [1.29, 1.82) is 0 Å². The molecule has 2 atom stereocenters. The Balaban J connectivity index is 1.10. The summed E-state index contributed by atoms with van der Waals surface area (Å²) < 4.78 is 5.56. The average Bonchev–Trinajstić information content (AvgIpc) is 3.75. The van der Waals surface area contributed by atoms with E-state index in [4.69, 9.17) is 4.74 Å². The number of carbonyl (C=O) groups excluding carboxylic acids is 2. The lowest BCUT2D eigenvalue weighted by molar-refractivity contribution is -0.124. The highest BCUT2D eigenvalue weighted by atomic mass is 32.1. The molecule has 41 heavy (non-hydrogen) atoms. The molecule has 1 aliphatic carbocycles. The Kier molecular flexibility index (Phi) is 8.58. The van der Waals surface area contributed by atoms with Gasteiger partial charge < -0.3 is 19.9 Å². The van der Waals surface area contributed by atoms with Gasteiger partial charge in [0.05, 0.1) is 24.8 Å². The number of rotatable bonds is 9. The molecule has 2 aromatic carbocycles. The maximum atomic E-state index is 14.0. The monoisotopic (exact) mass is 572 g/mol. The zero-order chi connectivity index (χ0) is 28.2. The van der Waals surface area contributed by atoms with Gasteiger partial charge in [0.2, 0.25) is 5.91 Å². The van der Waals surface area contributed by atoms with Gasteiger partial charge in [0.25, 0.3) is 5.91 Å². The van der Waals surface area contributed by atoms with Gasteiger partial charge in [0, 0.05) is 49.2 Å². The molecule has 3 heterocycles. The number of benzene rings is 2. The van der Waals surface area contributed by atoms with E-state index in [1.54, 1.807) is 18.4 Å². The van der Waals surface area contributed by atoms with Crippen LogP contribution < -0.4 is 15.0 Å². The molecule has 3 aliphatic rings. The summed E-state index contributed by atoms with van der Waals surface area (Å²) in [6.07, 6.45) is 5.18. The number of hydrogen-bond donors (Lipinski definition) is 1. The average molecular weight is 573 g/mol. The van der Waals surface area contributed by atoms with E-state index in [0.717, 1.165) is 86.7 Å². The van der Waals surface area contributed by atoms with Gasteiger partial charge in [-0.3, -0.25) is 14.5 Å². The van der Waals surface area contributed by atoms with Crippen LogP contribution in [0.15, 0.2) is 66.0 Å². The molecule has 0 radical (unpaired) electrons. The molecule has 1 N–H and O–H groups in total. The lowest BCUT2D eigenvalue weighted by Gasteiger charge is -2.44. The second kappa shape index (κ2) is 12.7. The van der Waals surface area contributed by atoms with Gasteiger partial charge in [0.15, 0.2) is 0 Å². The van der Waals surface area contributed by atoms with Gasteiger partial charge in [-0.15, -0.1) is 11.3 Å². The number of fused-ring (bicyclic) bond motifs is 1. The SMILES string of the molecule is COc1ccccc1N1CCN(CCCNC(=O)C2c3ccccc3C(=O)N(C3CCCC3)C2c2cccs2)CC1. The quantitative estimate of drug-likeness (QED) is 0.352. The minimum Gasteiger partial charge on any atom is -0.495 e. The van der Waals surface area contributed by atoms with E-state index in [-0.39, 0.29) is 23.9 Å². The molecule has 1 saturated carbocycles. The van der Waals surface area contributed by atoms with Crippen molar-refractivity contribution in [3.05, 3.63) is 82.0 Å². The van der Waals surface area contributed by atoms with Crippen molar-refractivity contribution in [1.82, 2.24) is 15.1 Å². The van der Waals surface area contributed by atoms with Gasteiger partial charge in [-0.25, -0.2) is 0 Å². The zero-order valence-corrected chi connectivity index (χ0v) is 24.7. The number of para-hydroxylation sites is 2. The van der Waals surface area contributed by atoms with Crippen LogP contribution in [0.2, 0.25) is 0 Å². The number of carbonyl (C=O) groups is 2. The Hall–Kier alpha value is -3.36. The summed E-state index contributed by atoms with van der Waals surface area (Å²) in [6, 6.07) is 20.0. The maximum Gasteiger partial charge on any atom is 0.254 e. The Bertz CT molecular complexity index is 1330. The largest absolute Gasteiger partial charge is 0.495 e. The number of nitrogens with zero attached hydrogens (tertiary/aromatic N) is 3. The van der Waals surface area contributed by atoms with Crippen LogP contribution in [0.5, 0.6) is 5.75 Å². The minimum absolute atomic E-state index is 0.0207. The molecule has 7 nitrogen and oxygen atoms in total. The number of methoxy groups -OCH3 is 1. The van der Waals surface area contributed by atoms with Crippen LogP contribution in [0.1, 0.15) is 64.9 Å². The predicted octanol–water partition coefficient (Wildman–Crippen LogP) is 5.31. The summed E-state index contributed by atoms with van der Waals surface area (Å²) in [7, 11) is 1.72. The van der Waals surface area contributed by atoms with E-state index in [1.807, 2.05) is 42.5 Å². The van der Waals surface area contributed by atoms with E-state index in [1.165, 1.54) is 0 Å². The molecule has 2 fully saturated rings. The fraction of sp³-hybridized carbons (Fsp3) is 0.455. The summed E-state index contributed by atoms with van der Waals surface area (Å²) in [6.45, 7) is 5.46. The van der Waals surface area contributed by atoms with Gasteiger partial charge >= 0.3 is 0 Å². The Labute approximate surface area is 247 Å². The summed E-state index contributed by atoms with van der Waals surface area (Å²) in [5, 5.41) is 5.33. The number of amides is 2. The fourth-order valence-electron chi connectivity index (χ4n) is 6.91. The molecule has 0 bridgehead atoms. The summed E-state index contributed by atoms with van der Waals surface area (Å²) >= 11 is 1.65. The van der Waals surface area contributed by atoms with E-state index in [0.29, 0.717) is 12.1 Å². The highest BCUT2D eigenvalue weighted by molar-refractivity contribution is 7.10. The van der Waals surface area contributed by atoms with Crippen molar-refractivity contribution >= 4 is 28.8 Å². The first-order valence-corrected chi connectivity index (χ1v) is 15.9. The molecule has 0 spiro atoms. The lowest BCUT2D eigenvalue weighted by Crippen LogP contribution is -2.51. The molecule has 1 saturated heterocycles. The zero-order valence-electron chi connectivity index (χ0n) is 23.8. The van der Waals surface area contributed by atoms with E-state index >= 15 is 0 Å². The molecule has 216 valence electrons. The maximum absolute atomic E-state index is 14.0. The molecule has 3 aromatic rings. The van der Waals surface area contributed by atoms with Gasteiger partial charge in [0.1, 0.15) is 5.75 Å². The van der Waals surface area contributed by atoms with E-state index in [2.05, 4.69) is 43.6 Å². The molecular weight excluding hydrogens is 532 g/mol. The van der Waals surface area contributed by atoms with Crippen LogP contribution in [0.3, 0.4) is 0 Å². The van der Waals surface area contributed by atoms with Crippen molar-refractivity contribution in [2.45, 2.75) is 50.1 Å². The smallest absolute Gasteiger partial charge is 0.254 e. The summed E-state index contributed by atoms with van der Waals surface area (Å²) in [4.78, 5) is 35.8. The second-order valence-electron chi connectivity index (χ2n) is 11.3. The van der Waals surface area contributed by atoms with Crippen molar-refractivity contribution in [2.24, 2.45) is 0 Å². The third kappa shape index (κ3) is 5.72. The Morgan fingerprint density at radius 3 is 2.49 bits per heavy atom. The Morgan fingerprint density at radius 2 is 1.73 bits per heavy atom. The lowest BCUT2D eigenvalue weighted by atomic mass is 9.80. The van der Waals surface area contributed by atoms with E-state index in [9.17, 15) is 9.59 Å². The first kappa shape index (κ1) is 27.8. The van der Waals surface area contributed by atoms with Crippen LogP contribution in [-0.4, -0.2) is 74.0 Å². The molecule has 8 heteroatoms. The van der Waals surface area contributed by atoms with Crippen molar-refractivity contribution in [2.75, 3.05) is 51.3 Å². The second-order valence-corrected chi connectivity index (χ2v) is 12.3. The van der Waals surface area contributed by atoms with Gasteiger partial charge in [-0.1, -0.05) is 49.2 Å². The van der Waals surface area contributed by atoms with E-state index < -0.39 is 5.92 Å². The molecule has 2 unspecified atom stereocenters. The van der Waals surface area contributed by atoms with Crippen molar-refractivity contribution in [3.63, 3.8) is 0 Å². The fourth-order valence-corrected chi connectivity index (χ4v) is 7.77. The predicted molar refractivity (Wildman–Crippen MR) is 164 cm³/mol. The number of anilines is 1. The van der Waals surface area contributed by atoms with Crippen LogP contribution in [0.4, 0.5) is 5.69 Å². The third-order valence-corrected chi connectivity index (χ3v) is 9.90.